The maximum Gasteiger partial charge on any atom is 0.449 e. The smallest absolute Gasteiger partial charge is 0.353 e. The van der Waals surface area contributed by atoms with Gasteiger partial charge in [-0.1, -0.05) is 26.2 Å². The summed E-state index contributed by atoms with van der Waals surface area (Å²) in [5, 5.41) is 11.9. The highest BCUT2D eigenvalue weighted by molar-refractivity contribution is 7.50. The van der Waals surface area contributed by atoms with Crippen molar-refractivity contribution in [3.8, 4) is 6.07 Å². The standard InChI is InChI=1S/C31H47F3N5O6P/c1-6-24-25(45-46(18-12-16-35)39(21(2)3)22(4)5)19-28(44-24)38-20-23(29(42)37-30(38)43)14-15-27(41)36-17-11-9-7-8-10-13-26(40)31(32,33)34/h14-15,20-22,24-25,28H,6-13,17-19H2,1-5H3,(H,36,41)(H,37,42,43)/b15-14+/t24-,25?,28-,46?/m1/s1. The SMILES string of the molecule is CC[C@H]1O[C@@H](n2cc(/C=C/C(=O)NCCCCCCCC(=O)C(F)(F)F)c(=O)[nH]c2=O)CC1OP(CCC#N)N(C(C)C)C(C)C. The Hall–Kier alpha value is -2.85. The van der Waals surface area contributed by atoms with E-state index in [0.717, 1.165) is 0 Å². The van der Waals surface area contributed by atoms with Crippen LogP contribution in [0.15, 0.2) is 21.9 Å². The van der Waals surface area contributed by atoms with Crippen LogP contribution in [0.4, 0.5) is 13.2 Å². The summed E-state index contributed by atoms with van der Waals surface area (Å²) in [7, 11) is -1.11. The number of carbonyl (C=O) groups is 2. The van der Waals surface area contributed by atoms with Crippen LogP contribution in [0.2, 0.25) is 0 Å². The number of ether oxygens (including phenoxy) is 1. The first-order valence-electron chi connectivity index (χ1n) is 15.9. The summed E-state index contributed by atoms with van der Waals surface area (Å²) < 4.78 is 53.1. The lowest BCUT2D eigenvalue weighted by atomic mass is 10.1. The molecule has 1 amide bonds. The number of unbranched alkanes of at least 4 members (excludes halogenated alkanes) is 4. The first-order chi connectivity index (χ1) is 21.7. The molecule has 1 saturated heterocycles. The number of rotatable bonds is 19. The number of nitrogens with zero attached hydrogens (tertiary/aromatic N) is 3. The maximum atomic E-state index is 12.8. The van der Waals surface area contributed by atoms with Crippen LogP contribution in [-0.4, -0.2) is 69.1 Å². The summed E-state index contributed by atoms with van der Waals surface area (Å²) in [4.78, 5) is 50.8. The van der Waals surface area contributed by atoms with Gasteiger partial charge in [0.1, 0.15) is 14.5 Å². The predicted octanol–water partition coefficient (Wildman–Crippen LogP) is 5.57. The molecule has 0 radical (unpaired) electrons. The van der Waals surface area contributed by atoms with E-state index in [0.29, 0.717) is 57.7 Å². The molecular formula is C31H47F3N5O6P. The van der Waals surface area contributed by atoms with E-state index in [-0.39, 0.29) is 36.3 Å². The number of amides is 1. The topological polar surface area (TPSA) is 147 Å². The lowest BCUT2D eigenvalue weighted by Gasteiger charge is -2.38. The van der Waals surface area contributed by atoms with Gasteiger partial charge in [-0.15, -0.1) is 0 Å². The third kappa shape index (κ3) is 12.4. The number of carbonyl (C=O) groups excluding carboxylic acids is 2. The van der Waals surface area contributed by atoms with Crippen LogP contribution in [0.3, 0.4) is 0 Å². The van der Waals surface area contributed by atoms with Crippen LogP contribution < -0.4 is 16.6 Å². The zero-order valence-electron chi connectivity index (χ0n) is 27.3. The summed E-state index contributed by atoms with van der Waals surface area (Å²) in [5.41, 5.74) is -1.21. The van der Waals surface area contributed by atoms with E-state index >= 15 is 0 Å². The lowest BCUT2D eigenvalue weighted by molar-refractivity contribution is -0.171. The van der Waals surface area contributed by atoms with Crippen molar-refractivity contribution in [2.75, 3.05) is 12.7 Å². The summed E-state index contributed by atoms with van der Waals surface area (Å²) in [6, 6.07) is 2.62. The fourth-order valence-electron chi connectivity index (χ4n) is 5.33. The molecular weight excluding hydrogens is 626 g/mol. The Morgan fingerprint density at radius 2 is 1.85 bits per heavy atom. The number of nitrogens with one attached hydrogen (secondary N) is 2. The minimum absolute atomic E-state index is 0.0891. The Balaban J connectivity index is 1.99. The lowest BCUT2D eigenvalue weighted by Crippen LogP contribution is -2.35. The molecule has 0 bridgehead atoms. The monoisotopic (exact) mass is 673 g/mol. The fraction of sp³-hybridized carbons (Fsp3) is 0.710. The van der Waals surface area contributed by atoms with Crippen molar-refractivity contribution >= 4 is 26.1 Å². The molecule has 1 aromatic heterocycles. The van der Waals surface area contributed by atoms with Gasteiger partial charge < -0.3 is 14.6 Å². The van der Waals surface area contributed by atoms with Crippen molar-refractivity contribution in [1.82, 2.24) is 19.5 Å². The van der Waals surface area contributed by atoms with E-state index in [4.69, 9.17) is 9.26 Å². The molecule has 2 heterocycles. The Bertz CT molecular complexity index is 1320. The molecule has 1 fully saturated rings. The van der Waals surface area contributed by atoms with Crippen molar-refractivity contribution in [1.29, 1.82) is 5.26 Å². The van der Waals surface area contributed by atoms with Gasteiger partial charge in [0.15, 0.2) is 0 Å². The summed E-state index contributed by atoms with van der Waals surface area (Å²) in [6.07, 6.45) is 1.74. The van der Waals surface area contributed by atoms with Crippen LogP contribution in [0, 0.1) is 11.3 Å². The van der Waals surface area contributed by atoms with Crippen LogP contribution in [0.5, 0.6) is 0 Å². The number of Topliss-reactive ketones (excluding diaryl/α,β-unsaturated/α-hetero) is 1. The van der Waals surface area contributed by atoms with E-state index in [1.165, 1.54) is 22.9 Å². The average Bonchev–Trinajstić information content (AvgIpc) is 3.38. The number of H-pyrrole nitrogens is 1. The highest BCUT2D eigenvalue weighted by atomic mass is 31.2. The van der Waals surface area contributed by atoms with Crippen molar-refractivity contribution in [3.05, 3.63) is 38.7 Å². The van der Waals surface area contributed by atoms with Gasteiger partial charge >= 0.3 is 11.9 Å². The molecule has 15 heteroatoms. The van der Waals surface area contributed by atoms with E-state index < -0.39 is 50.1 Å². The van der Waals surface area contributed by atoms with Gasteiger partial charge in [0, 0.05) is 56.3 Å². The maximum absolute atomic E-state index is 12.8. The Kier molecular flexibility index (Phi) is 16.3. The number of hydrogen-bond acceptors (Lipinski definition) is 8. The van der Waals surface area contributed by atoms with Gasteiger partial charge in [0.05, 0.1) is 23.8 Å². The number of halogens is 3. The van der Waals surface area contributed by atoms with Crippen LogP contribution in [-0.2, 0) is 18.8 Å². The molecule has 0 aromatic carbocycles. The molecule has 11 nitrogen and oxygen atoms in total. The third-order valence-corrected chi connectivity index (χ3v) is 10.0. The second kappa shape index (κ2) is 19.1. The van der Waals surface area contributed by atoms with Crippen molar-refractivity contribution in [2.24, 2.45) is 0 Å². The number of aromatic nitrogens is 2. The van der Waals surface area contributed by atoms with E-state index in [1.54, 1.807) is 0 Å². The average molecular weight is 674 g/mol. The number of alkyl halides is 3. The quantitative estimate of drug-likeness (QED) is 0.110. The molecule has 0 spiro atoms. The Morgan fingerprint density at radius 1 is 1.20 bits per heavy atom. The van der Waals surface area contributed by atoms with Crippen LogP contribution >= 0.6 is 8.30 Å². The molecule has 2 unspecified atom stereocenters. The minimum Gasteiger partial charge on any atom is -0.353 e. The van der Waals surface area contributed by atoms with Gasteiger partial charge in [-0.25, -0.2) is 4.79 Å². The predicted molar refractivity (Wildman–Crippen MR) is 170 cm³/mol. The van der Waals surface area contributed by atoms with Crippen molar-refractivity contribution in [2.45, 2.75) is 129 Å². The highest BCUT2D eigenvalue weighted by Crippen LogP contribution is 2.49. The fourth-order valence-corrected chi connectivity index (χ4v) is 7.63. The molecule has 0 aliphatic carbocycles. The van der Waals surface area contributed by atoms with Crippen LogP contribution in [0.1, 0.15) is 104 Å². The van der Waals surface area contributed by atoms with Crippen LogP contribution in [0.25, 0.3) is 6.08 Å². The molecule has 1 aromatic rings. The largest absolute Gasteiger partial charge is 0.449 e. The third-order valence-electron chi connectivity index (χ3n) is 7.49. The minimum atomic E-state index is -4.78. The van der Waals surface area contributed by atoms with Gasteiger partial charge in [-0.05, 0) is 53.0 Å². The van der Waals surface area contributed by atoms with Crippen molar-refractivity contribution in [3.63, 3.8) is 0 Å². The zero-order chi connectivity index (χ0) is 34.4. The highest BCUT2D eigenvalue weighted by Gasteiger charge is 2.40. The molecule has 0 saturated carbocycles. The van der Waals surface area contributed by atoms with Crippen molar-refractivity contribution < 1.29 is 32.0 Å². The van der Waals surface area contributed by atoms with E-state index in [2.05, 4.69) is 48.7 Å². The summed E-state index contributed by atoms with van der Waals surface area (Å²) >= 11 is 0. The summed E-state index contributed by atoms with van der Waals surface area (Å²) in [5.74, 6) is -2.16. The van der Waals surface area contributed by atoms with Gasteiger partial charge in [0.2, 0.25) is 11.7 Å². The molecule has 2 N–H and O–H groups in total. The number of hydrogen-bond donors (Lipinski definition) is 2. The van der Waals surface area contributed by atoms with Gasteiger partial charge in [-0.3, -0.25) is 28.6 Å². The number of nitriles is 1. The first-order valence-corrected chi connectivity index (χ1v) is 17.3. The van der Waals surface area contributed by atoms with E-state index in [9.17, 15) is 37.6 Å². The zero-order valence-corrected chi connectivity index (χ0v) is 28.2. The first kappa shape index (κ1) is 39.3. The van der Waals surface area contributed by atoms with Gasteiger partial charge in [0.25, 0.3) is 5.56 Å². The van der Waals surface area contributed by atoms with E-state index in [1.807, 2.05) is 6.92 Å². The second-order valence-corrected chi connectivity index (χ2v) is 13.6. The molecule has 1 aliphatic heterocycles. The molecule has 46 heavy (non-hydrogen) atoms. The molecule has 1 aliphatic rings. The normalized spacial score (nSPS) is 19.3. The Morgan fingerprint density at radius 3 is 2.46 bits per heavy atom. The molecule has 258 valence electrons. The number of ketones is 1. The molecule has 2 rings (SSSR count). The second-order valence-electron chi connectivity index (χ2n) is 11.8. The van der Waals surface area contributed by atoms with Gasteiger partial charge in [-0.2, -0.15) is 18.4 Å². The molecule has 4 atom stereocenters. The summed E-state index contributed by atoms with van der Waals surface area (Å²) in [6.45, 7) is 10.7. The Labute approximate surface area is 269 Å². The number of aromatic amines is 1.